The second-order valence-electron chi connectivity index (χ2n) is 6.72. The van der Waals surface area contributed by atoms with E-state index in [2.05, 4.69) is 5.32 Å². The SMILES string of the molecule is NC(=O)C1(CNC(=O)[C@@H]2CC(=O)N(c3ccccc3)C2)CCOCC1. The van der Waals surface area contributed by atoms with Crippen molar-refractivity contribution < 1.29 is 19.1 Å². The van der Waals surface area contributed by atoms with E-state index in [-0.39, 0.29) is 24.8 Å². The van der Waals surface area contributed by atoms with Gasteiger partial charge < -0.3 is 20.7 Å². The molecule has 3 amide bonds. The van der Waals surface area contributed by atoms with E-state index in [1.165, 1.54) is 0 Å². The van der Waals surface area contributed by atoms with Crippen LogP contribution in [0.25, 0.3) is 0 Å². The number of ether oxygens (including phenoxy) is 1. The summed E-state index contributed by atoms with van der Waals surface area (Å²) >= 11 is 0. The van der Waals surface area contributed by atoms with Crippen LogP contribution in [0, 0.1) is 11.3 Å². The minimum absolute atomic E-state index is 0.0676. The number of anilines is 1. The Labute approximate surface area is 146 Å². The molecule has 2 fully saturated rings. The van der Waals surface area contributed by atoms with Crippen LogP contribution in [0.4, 0.5) is 5.69 Å². The van der Waals surface area contributed by atoms with Crippen molar-refractivity contribution in [2.24, 2.45) is 17.1 Å². The molecule has 0 aliphatic carbocycles. The summed E-state index contributed by atoms with van der Waals surface area (Å²) in [5.74, 6) is -1.11. The molecule has 1 atom stereocenters. The van der Waals surface area contributed by atoms with Gasteiger partial charge in [0.2, 0.25) is 17.7 Å². The third-order valence-electron chi connectivity index (χ3n) is 5.14. The van der Waals surface area contributed by atoms with Crippen LogP contribution in [0.5, 0.6) is 0 Å². The van der Waals surface area contributed by atoms with Crippen LogP contribution in [0.15, 0.2) is 30.3 Å². The van der Waals surface area contributed by atoms with E-state index in [0.717, 1.165) is 5.69 Å². The molecule has 25 heavy (non-hydrogen) atoms. The minimum Gasteiger partial charge on any atom is -0.381 e. The Hall–Kier alpha value is -2.41. The maximum Gasteiger partial charge on any atom is 0.227 e. The van der Waals surface area contributed by atoms with Crippen molar-refractivity contribution in [1.29, 1.82) is 0 Å². The van der Waals surface area contributed by atoms with E-state index >= 15 is 0 Å². The first-order valence-electron chi connectivity index (χ1n) is 8.53. The van der Waals surface area contributed by atoms with Gasteiger partial charge in [-0.2, -0.15) is 0 Å². The number of rotatable bonds is 5. The van der Waals surface area contributed by atoms with Crippen molar-refractivity contribution in [2.45, 2.75) is 19.3 Å². The van der Waals surface area contributed by atoms with Gasteiger partial charge in [-0.15, -0.1) is 0 Å². The lowest BCUT2D eigenvalue weighted by Crippen LogP contribution is -2.50. The summed E-state index contributed by atoms with van der Waals surface area (Å²) in [7, 11) is 0. The molecule has 134 valence electrons. The first kappa shape index (κ1) is 17.4. The highest BCUT2D eigenvalue weighted by Crippen LogP contribution is 2.30. The number of carbonyl (C=O) groups excluding carboxylic acids is 3. The molecule has 2 aliphatic heterocycles. The van der Waals surface area contributed by atoms with Gasteiger partial charge in [0, 0.05) is 38.4 Å². The fourth-order valence-corrected chi connectivity index (χ4v) is 3.41. The molecule has 0 aromatic heterocycles. The summed E-state index contributed by atoms with van der Waals surface area (Å²) in [6.45, 7) is 1.47. The Kier molecular flexibility index (Phi) is 5.03. The largest absolute Gasteiger partial charge is 0.381 e. The molecule has 0 bridgehead atoms. The van der Waals surface area contributed by atoms with Crippen molar-refractivity contribution in [2.75, 3.05) is 31.2 Å². The van der Waals surface area contributed by atoms with E-state index < -0.39 is 17.2 Å². The second-order valence-corrected chi connectivity index (χ2v) is 6.72. The number of amides is 3. The zero-order valence-corrected chi connectivity index (χ0v) is 14.1. The standard InChI is InChI=1S/C18H23N3O4/c19-17(24)18(6-8-25-9-7-18)12-20-16(23)13-10-15(22)21(11-13)14-4-2-1-3-5-14/h1-5,13H,6-12H2,(H2,19,24)(H,20,23)/t13-/m1/s1. The molecule has 7 nitrogen and oxygen atoms in total. The summed E-state index contributed by atoms with van der Waals surface area (Å²) in [5.41, 5.74) is 5.59. The van der Waals surface area contributed by atoms with Crippen molar-refractivity contribution in [1.82, 2.24) is 5.32 Å². The Morgan fingerprint density at radius 2 is 1.92 bits per heavy atom. The molecule has 2 heterocycles. The van der Waals surface area contributed by atoms with E-state index in [4.69, 9.17) is 10.5 Å². The smallest absolute Gasteiger partial charge is 0.227 e. The number of benzene rings is 1. The molecule has 1 aromatic rings. The van der Waals surface area contributed by atoms with Gasteiger partial charge in [0.1, 0.15) is 0 Å². The number of para-hydroxylation sites is 1. The predicted molar refractivity (Wildman–Crippen MR) is 91.6 cm³/mol. The normalized spacial score (nSPS) is 22.6. The Morgan fingerprint density at radius 3 is 2.56 bits per heavy atom. The van der Waals surface area contributed by atoms with Gasteiger partial charge in [0.15, 0.2) is 0 Å². The minimum atomic E-state index is -0.754. The monoisotopic (exact) mass is 345 g/mol. The number of primary amides is 1. The van der Waals surface area contributed by atoms with Crippen LogP contribution >= 0.6 is 0 Å². The molecular formula is C18H23N3O4. The van der Waals surface area contributed by atoms with Gasteiger partial charge >= 0.3 is 0 Å². The van der Waals surface area contributed by atoms with Crippen molar-refractivity contribution in [3.63, 3.8) is 0 Å². The molecule has 3 N–H and O–H groups in total. The summed E-state index contributed by atoms with van der Waals surface area (Å²) < 4.78 is 5.29. The molecular weight excluding hydrogens is 322 g/mol. The first-order valence-corrected chi connectivity index (χ1v) is 8.53. The van der Waals surface area contributed by atoms with Crippen LogP contribution in [0.1, 0.15) is 19.3 Å². The Morgan fingerprint density at radius 1 is 1.24 bits per heavy atom. The van der Waals surface area contributed by atoms with Crippen LogP contribution in [-0.2, 0) is 19.1 Å². The molecule has 0 spiro atoms. The summed E-state index contributed by atoms with van der Waals surface area (Å²) in [4.78, 5) is 38.2. The maximum atomic E-state index is 12.5. The number of nitrogens with zero attached hydrogens (tertiary/aromatic N) is 1. The predicted octanol–water partition coefficient (Wildman–Crippen LogP) is 0.438. The van der Waals surface area contributed by atoms with Crippen molar-refractivity contribution in [3.05, 3.63) is 30.3 Å². The number of nitrogens with two attached hydrogens (primary N) is 1. The zero-order valence-electron chi connectivity index (χ0n) is 14.1. The summed E-state index contributed by atoms with van der Waals surface area (Å²) in [6.07, 6.45) is 1.18. The second kappa shape index (κ2) is 7.23. The van der Waals surface area contributed by atoms with Gasteiger partial charge in [-0.05, 0) is 25.0 Å². The van der Waals surface area contributed by atoms with Crippen LogP contribution in [-0.4, -0.2) is 44.0 Å². The molecule has 0 unspecified atom stereocenters. The summed E-state index contributed by atoms with van der Waals surface area (Å²) in [5, 5.41) is 2.83. The topological polar surface area (TPSA) is 102 Å². The lowest BCUT2D eigenvalue weighted by Gasteiger charge is -2.34. The highest BCUT2D eigenvalue weighted by Gasteiger charge is 2.40. The molecule has 0 radical (unpaired) electrons. The highest BCUT2D eigenvalue weighted by molar-refractivity contribution is 6.00. The van der Waals surface area contributed by atoms with E-state index in [0.29, 0.717) is 32.6 Å². The zero-order chi connectivity index (χ0) is 17.9. The van der Waals surface area contributed by atoms with Gasteiger partial charge in [0.05, 0.1) is 11.3 Å². The number of hydrogen-bond acceptors (Lipinski definition) is 4. The van der Waals surface area contributed by atoms with Crippen molar-refractivity contribution in [3.8, 4) is 0 Å². The molecule has 2 aliphatic rings. The Balaban J connectivity index is 1.60. The average Bonchev–Trinajstić information content (AvgIpc) is 3.03. The first-order chi connectivity index (χ1) is 12.0. The van der Waals surface area contributed by atoms with Gasteiger partial charge in [0.25, 0.3) is 0 Å². The summed E-state index contributed by atoms with van der Waals surface area (Å²) in [6, 6.07) is 9.30. The van der Waals surface area contributed by atoms with E-state index in [9.17, 15) is 14.4 Å². The lowest BCUT2D eigenvalue weighted by molar-refractivity contribution is -0.134. The van der Waals surface area contributed by atoms with Crippen LogP contribution < -0.4 is 16.0 Å². The van der Waals surface area contributed by atoms with E-state index in [1.807, 2.05) is 30.3 Å². The van der Waals surface area contributed by atoms with Gasteiger partial charge in [-0.3, -0.25) is 14.4 Å². The number of nitrogens with one attached hydrogen (secondary N) is 1. The van der Waals surface area contributed by atoms with E-state index in [1.54, 1.807) is 4.90 Å². The molecule has 3 rings (SSSR count). The fraction of sp³-hybridized carbons (Fsp3) is 0.500. The van der Waals surface area contributed by atoms with Gasteiger partial charge in [-0.1, -0.05) is 18.2 Å². The quantitative estimate of drug-likeness (QED) is 0.808. The van der Waals surface area contributed by atoms with Gasteiger partial charge in [-0.25, -0.2) is 0 Å². The Bertz CT molecular complexity index is 656. The fourth-order valence-electron chi connectivity index (χ4n) is 3.41. The number of hydrogen-bond donors (Lipinski definition) is 2. The average molecular weight is 345 g/mol. The number of carbonyl (C=O) groups is 3. The lowest BCUT2D eigenvalue weighted by atomic mass is 9.79. The molecule has 0 saturated carbocycles. The van der Waals surface area contributed by atoms with Crippen molar-refractivity contribution >= 4 is 23.4 Å². The third kappa shape index (κ3) is 3.66. The molecule has 2 saturated heterocycles. The van der Waals surface area contributed by atoms with Crippen LogP contribution in [0.3, 0.4) is 0 Å². The molecule has 7 heteroatoms. The highest BCUT2D eigenvalue weighted by atomic mass is 16.5. The van der Waals surface area contributed by atoms with Crippen LogP contribution in [0.2, 0.25) is 0 Å². The maximum absolute atomic E-state index is 12.5. The molecule has 1 aromatic carbocycles. The third-order valence-corrected chi connectivity index (χ3v) is 5.14.